The lowest BCUT2D eigenvalue weighted by Gasteiger charge is -2.14. The zero-order valence-electron chi connectivity index (χ0n) is 67.2. The van der Waals surface area contributed by atoms with Crippen molar-refractivity contribution in [2.45, 2.75) is 12.3 Å². The number of hydrogen-bond acceptors (Lipinski definition) is 33. The van der Waals surface area contributed by atoms with Crippen molar-refractivity contribution in [1.82, 2.24) is 5.32 Å². The number of hydrogen-bond donors (Lipinski definition) is 2. The second-order valence-electron chi connectivity index (χ2n) is 23.8. The molecule has 2 aromatic carbocycles. The van der Waals surface area contributed by atoms with E-state index >= 15 is 0 Å². The summed E-state index contributed by atoms with van der Waals surface area (Å²) in [6, 6.07) is 16.5. The van der Waals surface area contributed by atoms with Crippen molar-refractivity contribution in [3.8, 4) is 11.1 Å². The number of nitrogens with one attached hydrogen (secondary N) is 1. The maximum Gasteiger partial charge on any atom is 0.407 e. The van der Waals surface area contributed by atoms with Crippen LogP contribution < -0.4 is 5.32 Å². The number of fused-ring (bicyclic) bond motifs is 3. The van der Waals surface area contributed by atoms with Gasteiger partial charge in [-0.1, -0.05) is 48.5 Å². The Morgan fingerprint density at radius 3 is 0.540 bits per heavy atom. The summed E-state index contributed by atoms with van der Waals surface area (Å²) in [5.41, 5.74) is 4.74. The Morgan fingerprint density at radius 1 is 0.221 bits per heavy atom. The number of benzene rings is 2. The molecule has 0 saturated heterocycles. The molecule has 0 atom stereocenters. The molecule has 35 heteroatoms. The quantitative estimate of drug-likeness (QED) is 0.0895. The van der Waals surface area contributed by atoms with Gasteiger partial charge in [-0.05, 0) is 22.3 Å². The smallest absolute Gasteiger partial charge is 0.407 e. The third-order valence-corrected chi connectivity index (χ3v) is 15.1. The molecular formula is C78H137NO34. The first kappa shape index (κ1) is 103. The van der Waals surface area contributed by atoms with Crippen LogP contribution in [0.15, 0.2) is 48.5 Å². The second kappa shape index (κ2) is 85.8. The minimum atomic E-state index is -0.882. The topological polar surface area (TPSA) is 353 Å². The van der Waals surface area contributed by atoms with Crippen LogP contribution in [0.4, 0.5) is 4.79 Å². The Kier molecular flexibility index (Phi) is 78.4. The molecule has 0 saturated carbocycles. The number of aliphatic carboxylic acids is 1. The van der Waals surface area contributed by atoms with Crippen molar-refractivity contribution in [2.24, 2.45) is 0 Å². The first-order valence-corrected chi connectivity index (χ1v) is 39.8. The molecule has 0 radical (unpaired) electrons. The van der Waals surface area contributed by atoms with Crippen molar-refractivity contribution < 1.29 is 162 Å². The fraction of sp³-hybridized carbons (Fsp3) is 0.821. The average molecular weight is 1630 g/mol. The monoisotopic (exact) mass is 1630 g/mol. The number of carbonyl (C=O) groups excluding carboxylic acids is 1. The molecule has 0 spiro atoms. The molecule has 0 fully saturated rings. The number of amides is 1. The van der Waals surface area contributed by atoms with Crippen LogP contribution in [0.5, 0.6) is 0 Å². The number of carboxylic acids is 1. The predicted molar refractivity (Wildman–Crippen MR) is 410 cm³/mol. The van der Waals surface area contributed by atoms with E-state index in [-0.39, 0.29) is 25.6 Å². The van der Waals surface area contributed by atoms with E-state index in [0.717, 1.165) is 0 Å². The zero-order valence-corrected chi connectivity index (χ0v) is 67.2. The third kappa shape index (κ3) is 70.7. The van der Waals surface area contributed by atoms with Crippen molar-refractivity contribution in [3.05, 3.63) is 59.7 Å². The highest BCUT2D eigenvalue weighted by molar-refractivity contribution is 5.79. The average Bonchev–Trinajstić information content (AvgIpc) is 1.62. The number of rotatable bonds is 95. The van der Waals surface area contributed by atoms with E-state index in [0.29, 0.717) is 396 Å². The lowest BCUT2D eigenvalue weighted by molar-refractivity contribution is -0.138. The highest BCUT2D eigenvalue weighted by Crippen LogP contribution is 2.44. The zero-order chi connectivity index (χ0) is 79.9. The molecule has 0 heterocycles. The third-order valence-electron chi connectivity index (χ3n) is 15.1. The number of carbonyl (C=O) groups is 2. The van der Waals surface area contributed by atoms with E-state index in [1.165, 1.54) is 22.3 Å². The summed E-state index contributed by atoms with van der Waals surface area (Å²) in [5.74, 6) is -0.857. The fourth-order valence-corrected chi connectivity index (χ4v) is 9.51. The first-order chi connectivity index (χ1) is 56.2. The molecule has 0 unspecified atom stereocenters. The fourth-order valence-electron chi connectivity index (χ4n) is 9.51. The summed E-state index contributed by atoms with van der Waals surface area (Å²) in [5, 5.41) is 11.3. The van der Waals surface area contributed by atoms with Gasteiger partial charge in [-0.3, -0.25) is 4.79 Å². The Balaban J connectivity index is 0.832. The second-order valence-corrected chi connectivity index (χ2v) is 23.8. The van der Waals surface area contributed by atoms with Crippen molar-refractivity contribution in [3.63, 3.8) is 0 Å². The SMILES string of the molecule is O=C(O)CCOCCOCCOCCOCCOCCOCCOCCOCCOCCOCCOCCOCCOCCOCCOCCOCCOCCOCCOCCOCCOCCOCCOCCOCCOCCOCCOCCOCCOCCOCCNC(=O)OCC1c2ccccc2-c2ccccc21. The summed E-state index contributed by atoms with van der Waals surface area (Å²) in [4.78, 5) is 22.7. The van der Waals surface area contributed by atoms with Gasteiger partial charge in [0.25, 0.3) is 0 Å². The Labute approximate surface area is 669 Å². The van der Waals surface area contributed by atoms with E-state index in [4.69, 9.17) is 152 Å². The normalized spacial score (nSPS) is 12.1. The van der Waals surface area contributed by atoms with Crippen molar-refractivity contribution >= 4 is 12.1 Å². The molecule has 113 heavy (non-hydrogen) atoms. The van der Waals surface area contributed by atoms with Crippen LogP contribution in [-0.2, 0) is 152 Å². The van der Waals surface area contributed by atoms with Crippen LogP contribution in [0.1, 0.15) is 23.5 Å². The van der Waals surface area contributed by atoms with Gasteiger partial charge in [0.15, 0.2) is 0 Å². The van der Waals surface area contributed by atoms with Gasteiger partial charge in [0.1, 0.15) is 6.61 Å². The summed E-state index contributed by atoms with van der Waals surface area (Å²) in [6.07, 6.45) is -0.473. The maximum atomic E-state index is 12.3. The highest BCUT2D eigenvalue weighted by atomic mass is 16.6. The maximum absolute atomic E-state index is 12.3. The molecule has 3 rings (SSSR count). The first-order valence-electron chi connectivity index (χ1n) is 39.8. The minimum Gasteiger partial charge on any atom is -0.481 e. The molecule has 0 aliphatic heterocycles. The molecule has 2 N–H and O–H groups in total. The lowest BCUT2D eigenvalue weighted by Crippen LogP contribution is -2.29. The van der Waals surface area contributed by atoms with Crippen LogP contribution >= 0.6 is 0 Å². The standard InChI is InChI=1S/C78H137NO34/c80-77(81)9-11-83-13-15-85-17-19-87-21-23-89-25-27-91-29-31-93-33-35-95-37-39-97-41-43-99-45-47-101-49-51-103-53-55-105-57-59-107-61-63-109-65-67-111-69-70-112-68-66-110-64-62-108-60-58-106-56-54-104-52-50-102-48-46-100-44-42-98-40-38-96-36-34-94-32-30-92-28-26-90-24-22-88-20-18-86-16-14-84-12-10-79-78(82)113-71-76-74-7-3-1-5-72(74)73-6-2-4-8-75(73)76/h1-8,76H,9-71H2,(H,79,82)(H,80,81). The highest BCUT2D eigenvalue weighted by Gasteiger charge is 2.29. The van der Waals surface area contributed by atoms with Gasteiger partial charge in [0.2, 0.25) is 0 Å². The van der Waals surface area contributed by atoms with Gasteiger partial charge in [-0.2, -0.15) is 0 Å². The molecule has 1 aliphatic carbocycles. The van der Waals surface area contributed by atoms with Crippen molar-refractivity contribution in [2.75, 3.05) is 410 Å². The molecule has 658 valence electrons. The van der Waals surface area contributed by atoms with Gasteiger partial charge in [-0.15, -0.1) is 0 Å². The number of ether oxygens (including phenoxy) is 31. The van der Waals surface area contributed by atoms with E-state index < -0.39 is 12.1 Å². The number of carboxylic acid groups (broad SMARTS) is 1. The van der Waals surface area contributed by atoms with Gasteiger partial charge in [-0.25, -0.2) is 4.79 Å². The van der Waals surface area contributed by atoms with E-state index in [2.05, 4.69) is 29.6 Å². The molecule has 2 aromatic rings. The lowest BCUT2D eigenvalue weighted by atomic mass is 9.98. The summed E-state index contributed by atoms with van der Waals surface area (Å²) >= 11 is 0. The molecule has 0 aromatic heterocycles. The van der Waals surface area contributed by atoms with E-state index in [9.17, 15) is 9.59 Å². The van der Waals surface area contributed by atoms with Crippen LogP contribution in [0, 0.1) is 0 Å². The molecule has 1 aliphatic rings. The summed E-state index contributed by atoms with van der Waals surface area (Å²) < 4.78 is 171. The summed E-state index contributed by atoms with van der Waals surface area (Å²) in [7, 11) is 0. The Morgan fingerprint density at radius 2 is 0.372 bits per heavy atom. The van der Waals surface area contributed by atoms with E-state index in [1.54, 1.807) is 0 Å². The van der Waals surface area contributed by atoms with Crippen LogP contribution in [0.25, 0.3) is 11.1 Å². The molecule has 0 bridgehead atoms. The Hall–Kier alpha value is -4.02. The van der Waals surface area contributed by atoms with E-state index in [1.807, 2.05) is 24.3 Å². The van der Waals surface area contributed by atoms with Gasteiger partial charge >= 0.3 is 12.1 Å². The minimum absolute atomic E-state index is 0.0124. The molecular weight excluding hydrogens is 1490 g/mol. The van der Waals surface area contributed by atoms with Crippen molar-refractivity contribution in [1.29, 1.82) is 0 Å². The Bertz CT molecular complexity index is 2250. The van der Waals surface area contributed by atoms with Gasteiger partial charge in [0.05, 0.1) is 403 Å². The van der Waals surface area contributed by atoms with Crippen LogP contribution in [0.2, 0.25) is 0 Å². The van der Waals surface area contributed by atoms with Crippen LogP contribution in [-0.4, -0.2) is 427 Å². The van der Waals surface area contributed by atoms with Gasteiger partial charge < -0.3 is 157 Å². The largest absolute Gasteiger partial charge is 0.481 e. The van der Waals surface area contributed by atoms with Gasteiger partial charge in [0, 0.05) is 12.5 Å². The molecule has 35 nitrogen and oxygen atoms in total. The van der Waals surface area contributed by atoms with Crippen LogP contribution in [0.3, 0.4) is 0 Å². The number of alkyl carbamates (subject to hydrolysis) is 1. The predicted octanol–water partition coefficient (Wildman–Crippen LogP) is 3.50. The summed E-state index contributed by atoms with van der Waals surface area (Å²) in [6.45, 7) is 28.1. The molecule has 1 amide bonds.